The number of carboxylic acids is 1. The van der Waals surface area contributed by atoms with Gasteiger partial charge in [-0.1, -0.05) is 0 Å². The standard InChI is InChI=1S/C12H18N4O4/c1-9(8-16-7-3-6-13-16)14-12(20)15-10(17)4-2-5-11(18)19/h3,6-7,9H,2,4-5,8H2,1H3,(H,18,19)(H2,14,15,17,20). The van der Waals surface area contributed by atoms with Crippen molar-refractivity contribution in [2.75, 3.05) is 0 Å². The van der Waals surface area contributed by atoms with E-state index < -0.39 is 17.9 Å². The zero-order valence-corrected chi connectivity index (χ0v) is 11.2. The van der Waals surface area contributed by atoms with Crippen LogP contribution in [0.2, 0.25) is 0 Å². The van der Waals surface area contributed by atoms with Gasteiger partial charge in [0.15, 0.2) is 0 Å². The number of nitrogens with zero attached hydrogens (tertiary/aromatic N) is 2. The largest absolute Gasteiger partial charge is 0.481 e. The minimum absolute atomic E-state index is 0.00720. The molecule has 3 N–H and O–H groups in total. The molecule has 0 aliphatic heterocycles. The summed E-state index contributed by atoms with van der Waals surface area (Å²) >= 11 is 0. The second-order valence-electron chi connectivity index (χ2n) is 4.40. The van der Waals surface area contributed by atoms with Gasteiger partial charge in [-0.25, -0.2) is 4.79 Å². The van der Waals surface area contributed by atoms with E-state index >= 15 is 0 Å². The number of rotatable bonds is 7. The molecule has 0 saturated carbocycles. The highest BCUT2D eigenvalue weighted by Gasteiger charge is 2.11. The molecule has 0 radical (unpaired) electrons. The molecule has 8 heteroatoms. The Bertz CT molecular complexity index is 458. The average molecular weight is 282 g/mol. The minimum Gasteiger partial charge on any atom is -0.481 e. The Morgan fingerprint density at radius 2 is 2.10 bits per heavy atom. The summed E-state index contributed by atoms with van der Waals surface area (Å²) in [5, 5.41) is 17.2. The fourth-order valence-corrected chi connectivity index (χ4v) is 1.58. The molecule has 0 spiro atoms. The highest BCUT2D eigenvalue weighted by Crippen LogP contribution is 1.95. The zero-order valence-electron chi connectivity index (χ0n) is 11.2. The fourth-order valence-electron chi connectivity index (χ4n) is 1.58. The van der Waals surface area contributed by atoms with Gasteiger partial charge in [0, 0.05) is 31.3 Å². The highest BCUT2D eigenvalue weighted by atomic mass is 16.4. The Labute approximate surface area is 116 Å². The van der Waals surface area contributed by atoms with Crippen LogP contribution in [0.1, 0.15) is 26.2 Å². The van der Waals surface area contributed by atoms with E-state index in [9.17, 15) is 14.4 Å². The lowest BCUT2D eigenvalue weighted by Crippen LogP contribution is -2.44. The molecule has 3 amide bonds. The van der Waals surface area contributed by atoms with E-state index in [0.29, 0.717) is 6.54 Å². The maximum Gasteiger partial charge on any atom is 0.321 e. The van der Waals surface area contributed by atoms with Crippen molar-refractivity contribution >= 4 is 17.9 Å². The first-order valence-corrected chi connectivity index (χ1v) is 6.27. The average Bonchev–Trinajstić information content (AvgIpc) is 2.80. The predicted molar refractivity (Wildman–Crippen MR) is 69.9 cm³/mol. The molecule has 0 aliphatic rings. The van der Waals surface area contributed by atoms with Crippen LogP contribution >= 0.6 is 0 Å². The maximum atomic E-state index is 11.5. The molecule has 110 valence electrons. The topological polar surface area (TPSA) is 113 Å². The third kappa shape index (κ3) is 6.53. The van der Waals surface area contributed by atoms with Crippen molar-refractivity contribution in [3.8, 4) is 0 Å². The van der Waals surface area contributed by atoms with Crippen LogP contribution < -0.4 is 10.6 Å². The number of aliphatic carboxylic acids is 1. The first kappa shape index (κ1) is 15.7. The molecule has 0 fully saturated rings. The normalized spacial score (nSPS) is 11.7. The van der Waals surface area contributed by atoms with E-state index in [0.717, 1.165) is 0 Å². The van der Waals surface area contributed by atoms with Crippen molar-refractivity contribution < 1.29 is 19.5 Å². The lowest BCUT2D eigenvalue weighted by Gasteiger charge is -2.14. The van der Waals surface area contributed by atoms with Gasteiger partial charge < -0.3 is 10.4 Å². The fraction of sp³-hybridized carbons (Fsp3) is 0.500. The maximum absolute atomic E-state index is 11.5. The number of aromatic nitrogens is 2. The van der Waals surface area contributed by atoms with Gasteiger partial charge >= 0.3 is 12.0 Å². The molecule has 1 aromatic rings. The van der Waals surface area contributed by atoms with Gasteiger partial charge in [-0.15, -0.1) is 0 Å². The van der Waals surface area contributed by atoms with Gasteiger partial charge in [0.1, 0.15) is 0 Å². The molecule has 0 saturated heterocycles. The van der Waals surface area contributed by atoms with Crippen LogP contribution in [-0.2, 0) is 16.1 Å². The Hall–Kier alpha value is -2.38. The molecule has 1 aromatic heterocycles. The van der Waals surface area contributed by atoms with Crippen LogP contribution in [0.4, 0.5) is 4.79 Å². The third-order valence-corrected chi connectivity index (χ3v) is 2.45. The number of urea groups is 1. The van der Waals surface area contributed by atoms with Gasteiger partial charge in [-0.05, 0) is 19.4 Å². The van der Waals surface area contributed by atoms with Crippen LogP contribution in [-0.4, -0.2) is 38.8 Å². The van der Waals surface area contributed by atoms with E-state index in [1.807, 2.05) is 0 Å². The molecular formula is C12H18N4O4. The Kier molecular flexibility index (Phi) is 6.21. The highest BCUT2D eigenvalue weighted by molar-refractivity contribution is 5.94. The number of hydrogen-bond donors (Lipinski definition) is 3. The zero-order chi connectivity index (χ0) is 15.0. The Morgan fingerprint density at radius 1 is 1.35 bits per heavy atom. The summed E-state index contributed by atoms with van der Waals surface area (Å²) in [7, 11) is 0. The third-order valence-electron chi connectivity index (χ3n) is 2.45. The summed E-state index contributed by atoms with van der Waals surface area (Å²) in [5.41, 5.74) is 0. The van der Waals surface area contributed by atoms with Gasteiger partial charge in [-0.2, -0.15) is 5.10 Å². The second kappa shape index (κ2) is 7.93. The molecule has 1 heterocycles. The number of hydrogen-bond acceptors (Lipinski definition) is 4. The molecule has 1 rings (SSSR count). The number of nitrogens with one attached hydrogen (secondary N) is 2. The van der Waals surface area contributed by atoms with Crippen LogP contribution in [0.15, 0.2) is 18.5 Å². The SMILES string of the molecule is CC(Cn1cccn1)NC(=O)NC(=O)CCCC(=O)O. The van der Waals surface area contributed by atoms with Gasteiger partial charge in [0.2, 0.25) is 5.91 Å². The summed E-state index contributed by atoms with van der Waals surface area (Å²) in [4.78, 5) is 33.1. The summed E-state index contributed by atoms with van der Waals surface area (Å²) in [6.07, 6.45) is 3.53. The van der Waals surface area contributed by atoms with Crippen molar-refractivity contribution in [1.82, 2.24) is 20.4 Å². The first-order chi connectivity index (χ1) is 9.47. The number of amides is 3. The number of carbonyl (C=O) groups is 3. The molecule has 1 atom stereocenters. The molecule has 0 aliphatic carbocycles. The molecular weight excluding hydrogens is 264 g/mol. The van der Waals surface area contributed by atoms with Crippen LogP contribution in [0, 0.1) is 0 Å². The molecule has 1 unspecified atom stereocenters. The lowest BCUT2D eigenvalue weighted by atomic mass is 10.2. The van der Waals surface area contributed by atoms with Gasteiger partial charge in [0.05, 0.1) is 6.54 Å². The summed E-state index contributed by atoms with van der Waals surface area (Å²) < 4.78 is 1.67. The van der Waals surface area contributed by atoms with Crippen molar-refractivity contribution in [1.29, 1.82) is 0 Å². The van der Waals surface area contributed by atoms with E-state index in [1.165, 1.54) is 0 Å². The van der Waals surface area contributed by atoms with Gasteiger partial charge in [-0.3, -0.25) is 19.6 Å². The van der Waals surface area contributed by atoms with Crippen molar-refractivity contribution in [3.63, 3.8) is 0 Å². The second-order valence-corrected chi connectivity index (χ2v) is 4.40. The van der Waals surface area contributed by atoms with Crippen LogP contribution in [0.25, 0.3) is 0 Å². The quantitative estimate of drug-likeness (QED) is 0.668. The van der Waals surface area contributed by atoms with Crippen LogP contribution in [0.5, 0.6) is 0 Å². The summed E-state index contributed by atoms with van der Waals surface area (Å²) in [6, 6.07) is 0.991. The number of carboxylic acid groups (broad SMARTS) is 1. The minimum atomic E-state index is -0.963. The molecule has 8 nitrogen and oxygen atoms in total. The number of carbonyl (C=O) groups excluding carboxylic acids is 2. The molecule has 0 aromatic carbocycles. The van der Waals surface area contributed by atoms with E-state index in [2.05, 4.69) is 15.7 Å². The summed E-state index contributed by atoms with van der Waals surface area (Å²) in [5.74, 6) is -1.45. The van der Waals surface area contributed by atoms with E-state index in [4.69, 9.17) is 5.11 Å². The number of imide groups is 1. The predicted octanol–water partition coefficient (Wildman–Crippen LogP) is 0.352. The van der Waals surface area contributed by atoms with E-state index in [1.54, 1.807) is 30.1 Å². The van der Waals surface area contributed by atoms with Crippen molar-refractivity contribution in [2.24, 2.45) is 0 Å². The van der Waals surface area contributed by atoms with Crippen molar-refractivity contribution in [3.05, 3.63) is 18.5 Å². The monoisotopic (exact) mass is 282 g/mol. The van der Waals surface area contributed by atoms with E-state index in [-0.39, 0.29) is 25.3 Å². The molecule has 0 bridgehead atoms. The van der Waals surface area contributed by atoms with Gasteiger partial charge in [0.25, 0.3) is 0 Å². The smallest absolute Gasteiger partial charge is 0.321 e. The van der Waals surface area contributed by atoms with Crippen LogP contribution in [0.3, 0.4) is 0 Å². The lowest BCUT2D eigenvalue weighted by molar-refractivity contribution is -0.137. The Morgan fingerprint density at radius 3 is 2.70 bits per heavy atom. The van der Waals surface area contributed by atoms with Crippen molar-refractivity contribution in [2.45, 2.75) is 38.8 Å². The first-order valence-electron chi connectivity index (χ1n) is 6.27. The summed E-state index contributed by atoms with van der Waals surface area (Å²) in [6.45, 7) is 2.28. The molecule has 20 heavy (non-hydrogen) atoms. The Balaban J connectivity index is 2.21.